The van der Waals surface area contributed by atoms with Crippen molar-refractivity contribution in [1.29, 1.82) is 0 Å². The van der Waals surface area contributed by atoms with Crippen LogP contribution in [0.25, 0.3) is 55.3 Å². The van der Waals surface area contributed by atoms with Gasteiger partial charge in [-0.15, -0.1) is 0 Å². The van der Waals surface area contributed by atoms with Crippen LogP contribution in [0, 0.1) is 0 Å². The van der Waals surface area contributed by atoms with E-state index >= 15 is 0 Å². The molecular weight excluding hydrogens is 975 g/mol. The Kier molecular flexibility index (Phi) is 9.68. The minimum atomic E-state index is -0.741. The quantitative estimate of drug-likeness (QED) is 0.176. The number of hydrogen-bond acceptors (Lipinski definition) is 4. The molecular formula is C76H57NO3. The van der Waals surface area contributed by atoms with Gasteiger partial charge in [0, 0.05) is 44.3 Å². The Hall–Kier alpha value is -9.38. The molecule has 2 aliphatic heterocycles. The summed E-state index contributed by atoms with van der Waals surface area (Å²) in [5.74, 6) is 3.33. The minimum absolute atomic E-state index is 0.102. The molecule has 11 aromatic carbocycles. The molecule has 0 radical (unpaired) electrons. The van der Waals surface area contributed by atoms with Gasteiger partial charge in [0.1, 0.15) is 28.4 Å². The summed E-state index contributed by atoms with van der Waals surface area (Å²) in [6, 6.07) is 87.2. The second kappa shape index (κ2) is 16.6. The normalized spacial score (nSPS) is 14.5. The maximum Gasteiger partial charge on any atom is 0.156 e. The van der Waals surface area contributed by atoms with Gasteiger partial charge in [-0.2, -0.15) is 0 Å². The van der Waals surface area contributed by atoms with Gasteiger partial charge in [0.05, 0.1) is 22.2 Å². The minimum Gasteiger partial charge on any atom is -0.457 e. The molecule has 0 amide bonds. The van der Waals surface area contributed by atoms with Crippen LogP contribution in [-0.2, 0) is 21.7 Å². The molecule has 0 bridgehead atoms. The predicted octanol–water partition coefficient (Wildman–Crippen LogP) is 20.3. The smallest absolute Gasteiger partial charge is 0.156 e. The second-order valence-corrected chi connectivity index (χ2v) is 24.3. The monoisotopic (exact) mass is 1030 g/mol. The van der Waals surface area contributed by atoms with E-state index in [0.29, 0.717) is 0 Å². The first-order valence-electron chi connectivity index (χ1n) is 28.1. The highest BCUT2D eigenvalue weighted by Crippen LogP contribution is 2.67. The van der Waals surface area contributed by atoms with Crippen LogP contribution in [0.2, 0.25) is 0 Å². The Balaban J connectivity index is 1.03. The first kappa shape index (κ1) is 46.7. The number of nitrogens with zero attached hydrogens (tertiary/aromatic N) is 1. The van der Waals surface area contributed by atoms with Gasteiger partial charge >= 0.3 is 0 Å². The van der Waals surface area contributed by atoms with Crippen LogP contribution in [0.15, 0.2) is 241 Å². The Bertz CT molecular complexity index is 4490. The van der Waals surface area contributed by atoms with Crippen molar-refractivity contribution in [3.63, 3.8) is 0 Å². The van der Waals surface area contributed by atoms with Crippen molar-refractivity contribution in [2.75, 3.05) is 4.90 Å². The van der Waals surface area contributed by atoms with Crippen molar-refractivity contribution in [2.45, 2.75) is 63.2 Å². The molecule has 16 rings (SSSR count). The van der Waals surface area contributed by atoms with E-state index < -0.39 is 10.8 Å². The summed E-state index contributed by atoms with van der Waals surface area (Å²) in [6.07, 6.45) is 0. The summed E-state index contributed by atoms with van der Waals surface area (Å²) in [4.78, 5) is 2.46. The van der Waals surface area contributed by atoms with E-state index in [1.165, 1.54) is 55.6 Å². The van der Waals surface area contributed by atoms with Crippen molar-refractivity contribution in [3.8, 4) is 56.4 Å². The molecule has 1 aromatic heterocycles. The Labute approximate surface area is 467 Å². The number of furan rings is 1. The number of benzene rings is 11. The van der Waals surface area contributed by atoms with E-state index in [1.54, 1.807) is 0 Å². The molecule has 12 aromatic rings. The van der Waals surface area contributed by atoms with Crippen molar-refractivity contribution in [2.24, 2.45) is 0 Å². The number of para-hydroxylation sites is 5. The molecule has 4 nitrogen and oxygen atoms in total. The fourth-order valence-corrected chi connectivity index (χ4v) is 14.3. The highest BCUT2D eigenvalue weighted by Gasteiger charge is 2.54. The Morgan fingerprint density at radius 2 is 0.800 bits per heavy atom. The molecule has 384 valence electrons. The van der Waals surface area contributed by atoms with Crippen LogP contribution in [0.4, 0.5) is 17.1 Å². The van der Waals surface area contributed by atoms with Crippen molar-refractivity contribution < 1.29 is 13.9 Å². The zero-order valence-corrected chi connectivity index (χ0v) is 45.7. The van der Waals surface area contributed by atoms with E-state index in [0.717, 1.165) is 95.4 Å². The van der Waals surface area contributed by atoms with Crippen molar-refractivity contribution >= 4 is 39.0 Å². The van der Waals surface area contributed by atoms with Crippen molar-refractivity contribution in [3.05, 3.63) is 292 Å². The number of rotatable bonds is 4. The molecule has 0 saturated carbocycles. The third-order valence-electron chi connectivity index (χ3n) is 17.9. The van der Waals surface area contributed by atoms with Crippen LogP contribution < -0.4 is 14.4 Å². The number of fused-ring (bicyclic) bond motifs is 21. The van der Waals surface area contributed by atoms with Crippen LogP contribution in [0.5, 0.6) is 23.0 Å². The van der Waals surface area contributed by atoms with Gasteiger partial charge in [-0.1, -0.05) is 224 Å². The average Bonchev–Trinajstić information content (AvgIpc) is 3.77. The molecule has 0 saturated heterocycles. The Morgan fingerprint density at radius 1 is 0.325 bits per heavy atom. The molecule has 4 aliphatic rings. The first-order chi connectivity index (χ1) is 38.9. The van der Waals surface area contributed by atoms with Gasteiger partial charge in [-0.3, -0.25) is 0 Å². The van der Waals surface area contributed by atoms with Gasteiger partial charge < -0.3 is 18.8 Å². The summed E-state index contributed by atoms with van der Waals surface area (Å²) in [7, 11) is 0. The maximum absolute atomic E-state index is 7.67. The molecule has 2 spiro atoms. The van der Waals surface area contributed by atoms with Gasteiger partial charge in [0.2, 0.25) is 0 Å². The van der Waals surface area contributed by atoms with Crippen LogP contribution in [0.3, 0.4) is 0 Å². The van der Waals surface area contributed by atoms with Crippen LogP contribution in [0.1, 0.15) is 97.2 Å². The summed E-state index contributed by atoms with van der Waals surface area (Å²) < 4.78 is 21.4. The highest BCUT2D eigenvalue weighted by atomic mass is 16.5. The molecule has 3 heterocycles. The third-order valence-corrected chi connectivity index (χ3v) is 17.9. The van der Waals surface area contributed by atoms with E-state index in [4.69, 9.17) is 13.9 Å². The molecule has 80 heavy (non-hydrogen) atoms. The topological polar surface area (TPSA) is 34.8 Å². The number of hydrogen-bond donors (Lipinski definition) is 0. The largest absolute Gasteiger partial charge is 0.457 e. The summed E-state index contributed by atoms with van der Waals surface area (Å²) in [5.41, 5.74) is 22.1. The van der Waals surface area contributed by atoms with Gasteiger partial charge in [0.25, 0.3) is 0 Å². The zero-order chi connectivity index (χ0) is 53.9. The lowest BCUT2D eigenvalue weighted by atomic mass is 9.64. The number of anilines is 3. The van der Waals surface area contributed by atoms with E-state index in [9.17, 15) is 0 Å². The standard InChI is InChI=1S/C76H57NO3/c1-73(2,3)46-37-40-51-52-41-38-47(74(4,5)6)44-62(52)76(61(51)43-46)59-29-14-18-35-68(59)80-72-60(76)30-20-32-65(72)77(64-31-15-9-23-53(64)54-25-19-36-70-71(54)55-24-10-16-33-66(55)78-70)48-39-42-69-63(45-48)75(58-28-13-17-34-67(58)79-69)56-26-11-7-21-49(56)50-22-8-12-27-57(50)75/h7-45H,1-6H3. The Morgan fingerprint density at radius 3 is 1.46 bits per heavy atom. The summed E-state index contributed by atoms with van der Waals surface area (Å²) >= 11 is 0. The summed E-state index contributed by atoms with van der Waals surface area (Å²) in [6.45, 7) is 13.9. The van der Waals surface area contributed by atoms with Gasteiger partial charge in [-0.25, -0.2) is 0 Å². The second-order valence-electron chi connectivity index (χ2n) is 24.3. The molecule has 4 heteroatoms. The molecule has 2 aliphatic carbocycles. The summed E-state index contributed by atoms with van der Waals surface area (Å²) in [5, 5.41) is 2.15. The fraction of sp³-hybridized carbons (Fsp3) is 0.132. The van der Waals surface area contributed by atoms with E-state index in [1.807, 2.05) is 6.07 Å². The van der Waals surface area contributed by atoms with Gasteiger partial charge in [0.15, 0.2) is 5.75 Å². The lowest BCUT2D eigenvalue weighted by Gasteiger charge is -2.42. The van der Waals surface area contributed by atoms with Gasteiger partial charge in [-0.05, 0) is 127 Å². The first-order valence-corrected chi connectivity index (χ1v) is 28.1. The molecule has 0 unspecified atom stereocenters. The molecule has 0 N–H and O–H groups in total. The zero-order valence-electron chi connectivity index (χ0n) is 45.7. The predicted molar refractivity (Wildman–Crippen MR) is 326 cm³/mol. The SMILES string of the molecule is CC(C)(C)c1ccc2c(c1)C1(c3ccccc3Oc3c(N(c4ccc5c(c4)C4(c6ccccc6O5)c5ccccc5-c5ccccc54)c4ccccc4-c4cccc5oc6ccccc6c45)cccc31)c1cc(C(C)(C)C)ccc1-2. The van der Waals surface area contributed by atoms with E-state index in [2.05, 4.69) is 277 Å². The average molecular weight is 1030 g/mol. The number of ether oxygens (including phenoxy) is 2. The lowest BCUT2D eigenvalue weighted by Crippen LogP contribution is -2.33. The fourth-order valence-electron chi connectivity index (χ4n) is 14.3. The van der Waals surface area contributed by atoms with Crippen molar-refractivity contribution in [1.82, 2.24) is 0 Å². The third kappa shape index (κ3) is 6.27. The molecule has 0 fully saturated rings. The van der Waals surface area contributed by atoms with E-state index in [-0.39, 0.29) is 10.8 Å². The maximum atomic E-state index is 7.67. The lowest BCUT2D eigenvalue weighted by molar-refractivity contribution is 0.436. The molecule has 0 atom stereocenters. The van der Waals surface area contributed by atoms with Crippen LogP contribution in [-0.4, -0.2) is 0 Å². The highest BCUT2D eigenvalue weighted by molar-refractivity contribution is 6.14. The van der Waals surface area contributed by atoms with Crippen LogP contribution >= 0.6 is 0 Å².